The molecule has 14 heteroatoms. The van der Waals surface area contributed by atoms with Crippen LogP contribution in [0.2, 0.25) is 0 Å². The Morgan fingerprint density at radius 2 is 1.80 bits per heavy atom. The maximum absolute atomic E-state index is 15.7. The number of aliphatic carboxylic acids is 1. The first-order valence-electron chi connectivity index (χ1n) is 13.0. The molecule has 1 heterocycles. The highest BCUT2D eigenvalue weighted by Gasteiger charge is 2.52. The Morgan fingerprint density at radius 1 is 1.15 bits per heavy atom. The zero-order valence-electron chi connectivity index (χ0n) is 21.5. The molecule has 2 aromatic carbocycles. The van der Waals surface area contributed by atoms with Gasteiger partial charge in [-0.05, 0) is 49.6 Å². The molecule has 2 aliphatic carbocycles. The highest BCUT2D eigenvalue weighted by atomic mass is 32.2. The summed E-state index contributed by atoms with van der Waals surface area (Å²) in [7, 11) is -4.79. The van der Waals surface area contributed by atoms with Crippen LogP contribution in [0.25, 0.3) is 0 Å². The van der Waals surface area contributed by atoms with Crippen LogP contribution in [0.1, 0.15) is 38.5 Å². The quantitative estimate of drug-likeness (QED) is 0.290. The van der Waals surface area contributed by atoms with Gasteiger partial charge in [0, 0.05) is 48.7 Å². The third kappa shape index (κ3) is 6.13. The summed E-state index contributed by atoms with van der Waals surface area (Å²) >= 11 is 1.01. The molecule has 2 saturated carbocycles. The third-order valence-corrected chi connectivity index (χ3v) is 10.9. The smallest absolute Gasteiger partial charge is 0.313 e. The first kappa shape index (κ1) is 29.9. The summed E-state index contributed by atoms with van der Waals surface area (Å²) in [5.74, 6) is -6.01. The number of carboxylic acid groups (broad SMARTS) is 1. The molecule has 1 N–H and O–H groups in total. The van der Waals surface area contributed by atoms with E-state index in [0.717, 1.165) is 30.0 Å². The monoisotopic (exact) mass is 623 g/mol. The van der Waals surface area contributed by atoms with Gasteiger partial charge in [0.2, 0.25) is 27.7 Å². The lowest BCUT2D eigenvalue weighted by Crippen LogP contribution is -2.37. The molecule has 0 bridgehead atoms. The number of alkyl halides is 5. The van der Waals surface area contributed by atoms with E-state index >= 15 is 4.39 Å². The molecule has 1 aliphatic heterocycles. The van der Waals surface area contributed by atoms with Crippen LogP contribution in [0.15, 0.2) is 46.2 Å². The van der Waals surface area contributed by atoms with Crippen molar-refractivity contribution in [2.24, 2.45) is 11.3 Å². The Kier molecular flexibility index (Phi) is 7.94. The third-order valence-electron chi connectivity index (χ3n) is 7.76. The first-order valence-corrected chi connectivity index (χ1v) is 15.4. The van der Waals surface area contributed by atoms with Crippen molar-refractivity contribution in [1.29, 1.82) is 0 Å². The second kappa shape index (κ2) is 10.9. The molecule has 2 aromatic rings. The van der Waals surface area contributed by atoms with Crippen molar-refractivity contribution < 1.29 is 49.4 Å². The van der Waals surface area contributed by atoms with Gasteiger partial charge in [-0.15, -0.1) is 11.8 Å². The predicted molar refractivity (Wildman–Crippen MR) is 139 cm³/mol. The zero-order chi connectivity index (χ0) is 29.7. The topological polar surface area (TPSA) is 83.9 Å². The Morgan fingerprint density at radius 3 is 2.37 bits per heavy atom. The second-order valence-electron chi connectivity index (χ2n) is 10.9. The van der Waals surface area contributed by atoms with Gasteiger partial charge in [0.1, 0.15) is 23.6 Å². The number of sulfone groups is 1. The second-order valence-corrected chi connectivity index (χ2v) is 14.2. The van der Waals surface area contributed by atoms with Crippen LogP contribution in [-0.4, -0.2) is 55.7 Å². The number of carboxylic acids is 1. The molecule has 0 amide bonds. The van der Waals surface area contributed by atoms with Gasteiger partial charge in [0.05, 0.1) is 15.5 Å². The zero-order valence-corrected chi connectivity index (χ0v) is 23.2. The number of hydrogen-bond acceptors (Lipinski definition) is 6. The fourth-order valence-corrected chi connectivity index (χ4v) is 8.18. The minimum atomic E-state index is -4.79. The van der Waals surface area contributed by atoms with Gasteiger partial charge in [-0.3, -0.25) is 4.79 Å². The lowest BCUT2D eigenvalue weighted by molar-refractivity contribution is -0.144. The average Bonchev–Trinajstić information content (AvgIpc) is 3.69. The minimum Gasteiger partial charge on any atom is -0.491 e. The molecule has 224 valence electrons. The largest absolute Gasteiger partial charge is 0.491 e. The Hall–Kier alpha value is -2.61. The van der Waals surface area contributed by atoms with E-state index in [1.165, 1.54) is 23.1 Å². The van der Waals surface area contributed by atoms with Crippen molar-refractivity contribution in [3.63, 3.8) is 0 Å². The van der Waals surface area contributed by atoms with Crippen LogP contribution in [0.5, 0.6) is 5.75 Å². The molecule has 5 rings (SSSR count). The number of rotatable bonds is 10. The van der Waals surface area contributed by atoms with E-state index in [4.69, 9.17) is 4.74 Å². The molecule has 3 aliphatic rings. The number of anilines is 2. The van der Waals surface area contributed by atoms with Gasteiger partial charge < -0.3 is 14.7 Å². The summed E-state index contributed by atoms with van der Waals surface area (Å²) in [6.45, 7) is -0.646. The Labute approximate surface area is 237 Å². The van der Waals surface area contributed by atoms with Crippen LogP contribution in [-0.2, 0) is 14.6 Å². The average molecular weight is 624 g/mol. The number of nitrogens with zero attached hydrogens (tertiary/aromatic N) is 1. The highest BCUT2D eigenvalue weighted by Crippen LogP contribution is 2.52. The molecule has 0 unspecified atom stereocenters. The number of fused-ring (bicyclic) bond motifs is 1. The molecular formula is C27H27F6NO5S2. The molecule has 6 nitrogen and oxygen atoms in total. The van der Waals surface area contributed by atoms with Crippen molar-refractivity contribution in [1.82, 2.24) is 0 Å². The van der Waals surface area contributed by atoms with E-state index < -0.39 is 86.6 Å². The molecule has 0 aromatic heterocycles. The number of carbonyl (C=O) groups is 1. The van der Waals surface area contributed by atoms with E-state index in [9.17, 15) is 40.3 Å². The van der Waals surface area contributed by atoms with Gasteiger partial charge in [0.15, 0.2) is 0 Å². The fourth-order valence-electron chi connectivity index (χ4n) is 5.05. The lowest BCUT2D eigenvalue weighted by atomic mass is 9.94. The van der Waals surface area contributed by atoms with Crippen molar-refractivity contribution in [3.8, 4) is 5.75 Å². The fraction of sp³-hybridized carbons (Fsp3) is 0.519. The van der Waals surface area contributed by atoms with Crippen molar-refractivity contribution in [2.45, 2.75) is 71.4 Å². The van der Waals surface area contributed by atoms with Gasteiger partial charge >= 0.3 is 5.97 Å². The maximum Gasteiger partial charge on any atom is 0.313 e. The summed E-state index contributed by atoms with van der Waals surface area (Å²) in [5.41, 5.74) is -3.50. The van der Waals surface area contributed by atoms with Gasteiger partial charge in [0.25, 0.3) is 0 Å². The Balaban J connectivity index is 1.61. The lowest BCUT2D eigenvalue weighted by Gasteiger charge is -2.35. The SMILES string of the molecule is O=C(O)C1(COc2cc3c(cc2SC2CC(F)(F)C2)N(c2ccc(F)cc2)C[C@@H](CCC(F)F)[C@@H](F)S3(=O)=O)CC1. The van der Waals surface area contributed by atoms with Gasteiger partial charge in [-0.1, -0.05) is 0 Å². The van der Waals surface area contributed by atoms with Gasteiger partial charge in [-0.25, -0.2) is 34.8 Å². The number of ether oxygens (including phenoxy) is 1. The van der Waals surface area contributed by atoms with Crippen molar-refractivity contribution >= 4 is 38.9 Å². The molecule has 2 atom stereocenters. The molecule has 0 saturated heterocycles. The van der Waals surface area contributed by atoms with Crippen LogP contribution >= 0.6 is 11.8 Å². The van der Waals surface area contributed by atoms with E-state index in [-0.39, 0.29) is 35.2 Å². The number of halogens is 6. The van der Waals surface area contributed by atoms with Crippen molar-refractivity contribution in [2.75, 3.05) is 18.1 Å². The number of benzene rings is 2. The maximum atomic E-state index is 15.7. The summed E-state index contributed by atoms with van der Waals surface area (Å²) in [4.78, 5) is 12.8. The van der Waals surface area contributed by atoms with Gasteiger partial charge in [-0.2, -0.15) is 0 Å². The van der Waals surface area contributed by atoms with E-state index in [2.05, 4.69) is 0 Å². The molecule has 0 radical (unpaired) electrons. The van der Waals surface area contributed by atoms with Crippen LogP contribution in [0.3, 0.4) is 0 Å². The van der Waals surface area contributed by atoms with E-state index in [1.54, 1.807) is 0 Å². The molecule has 0 spiro atoms. The van der Waals surface area contributed by atoms with Crippen molar-refractivity contribution in [3.05, 3.63) is 42.2 Å². The first-order chi connectivity index (χ1) is 19.2. The summed E-state index contributed by atoms with van der Waals surface area (Å²) in [6.07, 6.45) is -4.18. The van der Waals surface area contributed by atoms with Crippen LogP contribution in [0, 0.1) is 17.2 Å². The minimum absolute atomic E-state index is 0.0425. The predicted octanol–water partition coefficient (Wildman–Crippen LogP) is 6.84. The molecule has 41 heavy (non-hydrogen) atoms. The number of thioether (sulfide) groups is 1. The summed E-state index contributed by atoms with van der Waals surface area (Å²) in [6, 6.07) is 7.31. The standard InChI is InChI=1S/C27H27F6NO5S2/c28-16-2-4-17(5-3-16)34-13-15(1-6-23(29)30)24(31)41(37,38)22-10-20(39-14-26(7-8-26)25(35)36)21(9-19(22)34)40-18-11-27(32,33)12-18/h2-5,9-10,15,18,23-24H,1,6-8,11-14H2,(H,35,36)/t15-,24+/m1/s1. The molecular weight excluding hydrogens is 596 g/mol. The summed E-state index contributed by atoms with van der Waals surface area (Å²) < 4.78 is 116. The Bertz CT molecular complexity index is 1410. The van der Waals surface area contributed by atoms with Crippen LogP contribution < -0.4 is 9.64 Å². The van der Waals surface area contributed by atoms with E-state index in [0.29, 0.717) is 12.8 Å². The normalized spacial score (nSPS) is 24.3. The summed E-state index contributed by atoms with van der Waals surface area (Å²) in [5, 5.41) is 9.00. The van der Waals surface area contributed by atoms with E-state index in [1.807, 2.05) is 0 Å². The highest BCUT2D eigenvalue weighted by molar-refractivity contribution is 8.00. The number of hydrogen-bond donors (Lipinski definition) is 1. The van der Waals surface area contributed by atoms with Crippen LogP contribution in [0.4, 0.5) is 37.7 Å². The molecule has 2 fully saturated rings.